The summed E-state index contributed by atoms with van der Waals surface area (Å²) in [7, 11) is 0. The van der Waals surface area contributed by atoms with Crippen LogP contribution in [0.3, 0.4) is 0 Å². The Hall–Kier alpha value is -2.44. The number of fused-ring (bicyclic) bond motifs is 1. The fraction of sp³-hybridized carbons (Fsp3) is 0.429. The van der Waals surface area contributed by atoms with Crippen molar-refractivity contribution < 1.29 is 19.1 Å². The third-order valence-corrected chi connectivity index (χ3v) is 3.87. The van der Waals surface area contributed by atoms with Crippen LogP contribution in [-0.2, 0) is 4.79 Å². The van der Waals surface area contributed by atoms with Crippen LogP contribution >= 0.6 is 0 Å². The van der Waals surface area contributed by atoms with Gasteiger partial charge in [-0.2, -0.15) is 0 Å². The van der Waals surface area contributed by atoms with Gasteiger partial charge in [-0.05, 0) is 19.9 Å². The summed E-state index contributed by atoms with van der Waals surface area (Å²) >= 11 is 0. The minimum atomic E-state index is -0.919. The molecule has 2 amide bonds. The Morgan fingerprint density at radius 3 is 2.71 bits per heavy atom. The van der Waals surface area contributed by atoms with Gasteiger partial charge in [0.2, 0.25) is 12.7 Å². The molecule has 7 heteroatoms. The SMILES string of the molecule is CC1(C)C(=O)NCCN1C(=O)c1cc2c(cc1N)OCO2. The van der Waals surface area contributed by atoms with Gasteiger partial charge in [0.25, 0.3) is 5.91 Å². The van der Waals surface area contributed by atoms with Crippen LogP contribution in [-0.4, -0.2) is 42.1 Å². The predicted octanol–water partition coefficient (Wildman–Crippen LogP) is 0.348. The number of carbonyl (C=O) groups is 2. The highest BCUT2D eigenvalue weighted by Gasteiger charge is 2.41. The van der Waals surface area contributed by atoms with Crippen LogP contribution < -0.4 is 20.5 Å². The number of ether oxygens (including phenoxy) is 2. The maximum absolute atomic E-state index is 12.8. The summed E-state index contributed by atoms with van der Waals surface area (Å²) in [6.07, 6.45) is 0. The number of nitrogens with two attached hydrogens (primary N) is 1. The molecule has 0 bridgehead atoms. The Morgan fingerprint density at radius 2 is 2.00 bits per heavy atom. The van der Waals surface area contributed by atoms with Crippen molar-refractivity contribution in [3.05, 3.63) is 17.7 Å². The minimum Gasteiger partial charge on any atom is -0.454 e. The molecular weight excluding hydrogens is 274 g/mol. The Kier molecular flexibility index (Phi) is 2.93. The normalized spacial score (nSPS) is 19.3. The lowest BCUT2D eigenvalue weighted by Gasteiger charge is -2.41. The zero-order valence-electron chi connectivity index (χ0n) is 11.9. The molecule has 7 nitrogen and oxygen atoms in total. The maximum atomic E-state index is 12.8. The van der Waals surface area contributed by atoms with Crippen LogP contribution in [0.15, 0.2) is 12.1 Å². The van der Waals surface area contributed by atoms with Crippen LogP contribution in [0.4, 0.5) is 5.69 Å². The molecule has 0 atom stereocenters. The molecule has 0 saturated carbocycles. The van der Waals surface area contributed by atoms with E-state index < -0.39 is 5.54 Å². The molecule has 3 N–H and O–H groups in total. The minimum absolute atomic E-state index is 0.115. The van der Waals surface area contributed by atoms with Crippen molar-refractivity contribution in [2.75, 3.05) is 25.6 Å². The summed E-state index contributed by atoms with van der Waals surface area (Å²) in [5.41, 5.74) is 5.65. The van der Waals surface area contributed by atoms with E-state index in [1.807, 2.05) is 0 Å². The molecule has 1 fully saturated rings. The molecule has 0 spiro atoms. The number of benzene rings is 1. The molecule has 0 radical (unpaired) electrons. The quantitative estimate of drug-likeness (QED) is 0.728. The molecule has 2 heterocycles. The second-order valence-electron chi connectivity index (χ2n) is 5.56. The zero-order valence-corrected chi connectivity index (χ0v) is 11.9. The lowest BCUT2D eigenvalue weighted by atomic mass is 9.97. The molecule has 2 aliphatic heterocycles. The molecule has 1 aromatic carbocycles. The number of carbonyl (C=O) groups excluding carboxylic acids is 2. The van der Waals surface area contributed by atoms with E-state index in [1.165, 1.54) is 4.90 Å². The Bertz CT molecular complexity index is 627. The van der Waals surface area contributed by atoms with Crippen molar-refractivity contribution in [3.8, 4) is 11.5 Å². The number of amides is 2. The summed E-state index contributed by atoms with van der Waals surface area (Å²) in [6, 6.07) is 3.15. The van der Waals surface area contributed by atoms with E-state index in [9.17, 15) is 9.59 Å². The van der Waals surface area contributed by atoms with E-state index in [0.29, 0.717) is 35.8 Å². The van der Waals surface area contributed by atoms with E-state index in [-0.39, 0.29) is 18.6 Å². The van der Waals surface area contributed by atoms with Gasteiger partial charge in [-0.25, -0.2) is 0 Å². The van der Waals surface area contributed by atoms with Crippen LogP contribution in [0.25, 0.3) is 0 Å². The zero-order chi connectivity index (χ0) is 15.2. The number of piperazine rings is 1. The summed E-state index contributed by atoms with van der Waals surface area (Å²) < 4.78 is 10.5. The van der Waals surface area contributed by atoms with Crippen molar-refractivity contribution in [1.29, 1.82) is 0 Å². The maximum Gasteiger partial charge on any atom is 0.257 e. The molecule has 3 rings (SSSR count). The molecule has 0 unspecified atom stereocenters. The number of nitrogen functional groups attached to an aromatic ring is 1. The topological polar surface area (TPSA) is 93.9 Å². The van der Waals surface area contributed by atoms with Crippen LogP contribution in [0.1, 0.15) is 24.2 Å². The summed E-state index contributed by atoms with van der Waals surface area (Å²) in [4.78, 5) is 26.2. The molecular formula is C14H17N3O4. The highest BCUT2D eigenvalue weighted by Crippen LogP contribution is 2.37. The monoisotopic (exact) mass is 291 g/mol. The van der Waals surface area contributed by atoms with E-state index in [4.69, 9.17) is 15.2 Å². The van der Waals surface area contributed by atoms with Gasteiger partial charge in [0.15, 0.2) is 11.5 Å². The van der Waals surface area contributed by atoms with E-state index in [2.05, 4.69) is 5.32 Å². The molecule has 21 heavy (non-hydrogen) atoms. The van der Waals surface area contributed by atoms with Gasteiger partial charge in [-0.1, -0.05) is 0 Å². The smallest absolute Gasteiger partial charge is 0.257 e. The summed E-state index contributed by atoms with van der Waals surface area (Å²) in [6.45, 7) is 4.40. The van der Waals surface area contributed by atoms with E-state index in [0.717, 1.165) is 0 Å². The van der Waals surface area contributed by atoms with Gasteiger partial charge in [0.1, 0.15) is 5.54 Å². The van der Waals surface area contributed by atoms with Gasteiger partial charge >= 0.3 is 0 Å². The predicted molar refractivity (Wildman–Crippen MR) is 75.1 cm³/mol. The first-order valence-electron chi connectivity index (χ1n) is 6.70. The van der Waals surface area contributed by atoms with Gasteiger partial charge in [-0.15, -0.1) is 0 Å². The number of nitrogens with zero attached hydrogens (tertiary/aromatic N) is 1. The van der Waals surface area contributed by atoms with Crippen molar-refractivity contribution >= 4 is 17.5 Å². The molecule has 2 aliphatic rings. The van der Waals surface area contributed by atoms with Crippen molar-refractivity contribution in [1.82, 2.24) is 10.2 Å². The fourth-order valence-corrected chi connectivity index (χ4v) is 2.54. The third kappa shape index (κ3) is 2.05. The molecule has 1 aromatic rings. The van der Waals surface area contributed by atoms with E-state index in [1.54, 1.807) is 26.0 Å². The number of anilines is 1. The lowest BCUT2D eigenvalue weighted by Crippen LogP contribution is -2.63. The third-order valence-electron chi connectivity index (χ3n) is 3.87. The number of hydrogen-bond donors (Lipinski definition) is 2. The standard InChI is InChI=1S/C14H17N3O4/c1-14(2)13(19)16-3-4-17(14)12(18)8-5-10-11(6-9(8)15)21-7-20-10/h5-6H,3-4,7,15H2,1-2H3,(H,16,19). The molecule has 112 valence electrons. The van der Waals surface area contributed by atoms with Crippen molar-refractivity contribution in [2.24, 2.45) is 0 Å². The van der Waals surface area contributed by atoms with Crippen LogP contribution in [0, 0.1) is 0 Å². The van der Waals surface area contributed by atoms with Crippen molar-refractivity contribution in [3.63, 3.8) is 0 Å². The largest absolute Gasteiger partial charge is 0.454 e. The van der Waals surface area contributed by atoms with Gasteiger partial charge < -0.3 is 25.4 Å². The van der Waals surface area contributed by atoms with Crippen molar-refractivity contribution in [2.45, 2.75) is 19.4 Å². The van der Waals surface area contributed by atoms with E-state index >= 15 is 0 Å². The van der Waals surface area contributed by atoms with Crippen LogP contribution in [0.2, 0.25) is 0 Å². The van der Waals surface area contributed by atoms with Gasteiger partial charge in [-0.3, -0.25) is 9.59 Å². The number of nitrogens with one attached hydrogen (secondary N) is 1. The Morgan fingerprint density at radius 1 is 1.33 bits per heavy atom. The second kappa shape index (κ2) is 4.54. The van der Waals surface area contributed by atoms with Gasteiger partial charge in [0, 0.05) is 24.8 Å². The summed E-state index contributed by atoms with van der Waals surface area (Å²) in [5.74, 6) is 0.554. The summed E-state index contributed by atoms with van der Waals surface area (Å²) in [5, 5.41) is 2.76. The molecule has 0 aromatic heterocycles. The Balaban J connectivity index is 1.97. The first-order valence-corrected chi connectivity index (χ1v) is 6.70. The average Bonchev–Trinajstić information content (AvgIpc) is 2.87. The fourth-order valence-electron chi connectivity index (χ4n) is 2.54. The molecule has 1 saturated heterocycles. The number of rotatable bonds is 1. The first-order chi connectivity index (χ1) is 9.91. The Labute approximate surface area is 122 Å². The second-order valence-corrected chi connectivity index (χ2v) is 5.56. The first kappa shape index (κ1) is 13.5. The molecule has 0 aliphatic carbocycles. The highest BCUT2D eigenvalue weighted by atomic mass is 16.7. The lowest BCUT2D eigenvalue weighted by molar-refractivity contribution is -0.133. The highest BCUT2D eigenvalue weighted by molar-refractivity contribution is 6.03. The van der Waals surface area contributed by atoms with Gasteiger partial charge in [0.05, 0.1) is 5.56 Å². The number of hydrogen-bond acceptors (Lipinski definition) is 5. The van der Waals surface area contributed by atoms with Crippen LogP contribution in [0.5, 0.6) is 11.5 Å². The average molecular weight is 291 g/mol.